The number of hydrogen-bond donors (Lipinski definition) is 2. The Balaban J connectivity index is 1.42. The van der Waals surface area contributed by atoms with Gasteiger partial charge >= 0.3 is 0 Å². The Morgan fingerprint density at radius 1 is 1.00 bits per heavy atom. The van der Waals surface area contributed by atoms with E-state index in [4.69, 9.17) is 23.2 Å². The predicted octanol–water partition coefficient (Wildman–Crippen LogP) is 6.32. The van der Waals surface area contributed by atoms with Crippen LogP contribution >= 0.6 is 23.2 Å². The molecule has 0 unspecified atom stereocenters. The monoisotopic (exact) mass is 433 g/mol. The Morgan fingerprint density at radius 2 is 1.83 bits per heavy atom. The molecule has 5 nitrogen and oxygen atoms in total. The lowest BCUT2D eigenvalue weighted by Gasteiger charge is -2.06. The van der Waals surface area contributed by atoms with E-state index in [1.165, 1.54) is 0 Å². The Hall–Kier alpha value is -3.28. The van der Waals surface area contributed by atoms with Crippen LogP contribution in [0.1, 0.15) is 11.1 Å². The Bertz CT molecular complexity index is 1350. The molecule has 0 saturated heterocycles. The fourth-order valence-corrected chi connectivity index (χ4v) is 3.83. The summed E-state index contributed by atoms with van der Waals surface area (Å²) in [6, 6.07) is 21.8. The highest BCUT2D eigenvalue weighted by Crippen LogP contribution is 2.25. The van der Waals surface area contributed by atoms with Gasteiger partial charge in [-0.1, -0.05) is 59.6 Å². The number of aromatic amines is 1. The van der Waals surface area contributed by atoms with Crippen molar-refractivity contribution in [2.24, 2.45) is 5.10 Å². The van der Waals surface area contributed by atoms with Crippen molar-refractivity contribution in [1.29, 1.82) is 0 Å². The third-order valence-corrected chi connectivity index (χ3v) is 5.66. The van der Waals surface area contributed by atoms with E-state index < -0.39 is 0 Å². The molecule has 3 aromatic carbocycles. The highest BCUT2D eigenvalue weighted by atomic mass is 35.5. The zero-order valence-electron chi connectivity index (χ0n) is 15.8. The number of benzene rings is 3. The number of anilines is 1. The number of imidazole rings is 1. The number of nitrogens with zero attached hydrogens (tertiary/aromatic N) is 3. The number of nitrogens with one attached hydrogen (secondary N) is 2. The average Bonchev–Trinajstić information content (AvgIpc) is 3.32. The van der Waals surface area contributed by atoms with Crippen LogP contribution in [0.4, 0.5) is 5.95 Å². The number of halogens is 2. The minimum absolute atomic E-state index is 0.558. The van der Waals surface area contributed by atoms with E-state index in [1.807, 2.05) is 54.6 Å². The van der Waals surface area contributed by atoms with Crippen molar-refractivity contribution in [3.05, 3.63) is 94.1 Å². The van der Waals surface area contributed by atoms with Gasteiger partial charge in [-0.05, 0) is 35.9 Å². The second kappa shape index (κ2) is 7.86. The van der Waals surface area contributed by atoms with Crippen molar-refractivity contribution >= 4 is 57.3 Å². The Kier molecular flexibility index (Phi) is 4.91. The SMILES string of the molecule is Clc1ccc(Cn2cc(C=NNc3nc4ccccc4[nH]3)c3ccccc32)cc1Cl. The van der Waals surface area contributed by atoms with Gasteiger partial charge < -0.3 is 9.55 Å². The summed E-state index contributed by atoms with van der Waals surface area (Å²) in [5.74, 6) is 0.604. The minimum atomic E-state index is 0.558. The van der Waals surface area contributed by atoms with Gasteiger partial charge in [-0.2, -0.15) is 5.10 Å². The molecule has 0 radical (unpaired) electrons. The first-order valence-corrected chi connectivity index (χ1v) is 10.2. The summed E-state index contributed by atoms with van der Waals surface area (Å²) < 4.78 is 2.18. The molecule has 7 heteroatoms. The summed E-state index contributed by atoms with van der Waals surface area (Å²) in [4.78, 5) is 7.68. The molecule has 0 saturated carbocycles. The molecule has 2 aromatic heterocycles. The van der Waals surface area contributed by atoms with Gasteiger partial charge in [0.2, 0.25) is 5.95 Å². The maximum absolute atomic E-state index is 6.18. The molecule has 0 spiro atoms. The first-order chi connectivity index (χ1) is 14.7. The van der Waals surface area contributed by atoms with E-state index in [1.54, 1.807) is 6.21 Å². The van der Waals surface area contributed by atoms with E-state index in [-0.39, 0.29) is 0 Å². The molecule has 148 valence electrons. The third-order valence-electron chi connectivity index (χ3n) is 4.92. The molecule has 2 heterocycles. The van der Waals surface area contributed by atoms with Crippen LogP contribution in [0, 0.1) is 0 Å². The van der Waals surface area contributed by atoms with E-state index in [9.17, 15) is 0 Å². The maximum atomic E-state index is 6.18. The van der Waals surface area contributed by atoms with Crippen molar-refractivity contribution in [2.45, 2.75) is 6.54 Å². The number of H-pyrrole nitrogens is 1. The van der Waals surface area contributed by atoms with E-state index >= 15 is 0 Å². The van der Waals surface area contributed by atoms with E-state index in [0.717, 1.165) is 33.1 Å². The molecule has 0 aliphatic rings. The molecule has 0 bridgehead atoms. The molecule has 0 aliphatic carbocycles. The highest BCUT2D eigenvalue weighted by Gasteiger charge is 2.08. The summed E-state index contributed by atoms with van der Waals surface area (Å²) in [5.41, 5.74) is 8.05. The molecule has 5 aromatic rings. The van der Waals surface area contributed by atoms with Crippen molar-refractivity contribution in [2.75, 3.05) is 5.43 Å². The van der Waals surface area contributed by atoms with Crippen LogP contribution in [0.3, 0.4) is 0 Å². The lowest BCUT2D eigenvalue weighted by molar-refractivity contribution is 0.836. The summed E-state index contributed by atoms with van der Waals surface area (Å²) >= 11 is 12.2. The Morgan fingerprint density at radius 3 is 2.70 bits per heavy atom. The average molecular weight is 434 g/mol. The standard InChI is InChI=1S/C23H17Cl2N5/c24-18-10-9-15(11-19(18)25)13-30-14-16(17-5-1-4-8-22(17)30)12-26-29-23-27-20-6-2-3-7-21(20)28-23/h1-12,14H,13H2,(H2,27,28,29). The number of para-hydroxylation sites is 3. The third kappa shape index (κ3) is 3.65. The van der Waals surface area contributed by atoms with Crippen molar-refractivity contribution < 1.29 is 0 Å². The summed E-state index contributed by atoms with van der Waals surface area (Å²) in [6.07, 6.45) is 3.89. The van der Waals surface area contributed by atoms with Crippen LogP contribution in [-0.4, -0.2) is 20.7 Å². The van der Waals surface area contributed by atoms with Crippen LogP contribution in [0.15, 0.2) is 78.0 Å². The van der Waals surface area contributed by atoms with Crippen LogP contribution in [-0.2, 0) is 6.54 Å². The van der Waals surface area contributed by atoms with E-state index in [2.05, 4.69) is 43.4 Å². The van der Waals surface area contributed by atoms with Gasteiger partial charge in [-0.3, -0.25) is 0 Å². The molecule has 0 aliphatic heterocycles. The molecule has 2 N–H and O–H groups in total. The number of rotatable bonds is 5. The zero-order chi connectivity index (χ0) is 20.5. The maximum Gasteiger partial charge on any atom is 0.222 e. The summed E-state index contributed by atoms with van der Waals surface area (Å²) in [6.45, 7) is 0.683. The van der Waals surface area contributed by atoms with Gasteiger partial charge in [0.05, 0.1) is 27.3 Å². The predicted molar refractivity (Wildman–Crippen MR) is 125 cm³/mol. The molecular formula is C23H17Cl2N5. The normalized spacial score (nSPS) is 11.7. The van der Waals surface area contributed by atoms with Crippen LogP contribution in [0.5, 0.6) is 0 Å². The van der Waals surface area contributed by atoms with Gasteiger partial charge in [0, 0.05) is 29.2 Å². The van der Waals surface area contributed by atoms with Crippen LogP contribution in [0.25, 0.3) is 21.9 Å². The topological polar surface area (TPSA) is 58.0 Å². The second-order valence-electron chi connectivity index (χ2n) is 6.95. The van der Waals surface area contributed by atoms with Crippen molar-refractivity contribution in [1.82, 2.24) is 14.5 Å². The molecule has 0 atom stereocenters. The zero-order valence-corrected chi connectivity index (χ0v) is 17.3. The number of fused-ring (bicyclic) bond motifs is 2. The molecule has 0 fully saturated rings. The first-order valence-electron chi connectivity index (χ1n) is 9.43. The number of aromatic nitrogens is 3. The first kappa shape index (κ1) is 18.7. The van der Waals surface area contributed by atoms with Crippen molar-refractivity contribution in [3.63, 3.8) is 0 Å². The smallest absolute Gasteiger partial charge is 0.222 e. The number of hydrazone groups is 1. The summed E-state index contributed by atoms with van der Waals surface area (Å²) in [7, 11) is 0. The van der Waals surface area contributed by atoms with Crippen LogP contribution in [0.2, 0.25) is 10.0 Å². The lowest BCUT2D eigenvalue weighted by atomic mass is 10.2. The lowest BCUT2D eigenvalue weighted by Crippen LogP contribution is -1.98. The molecule has 5 rings (SSSR count). The second-order valence-corrected chi connectivity index (χ2v) is 7.76. The Labute approximate surface area is 183 Å². The van der Waals surface area contributed by atoms with Gasteiger partial charge in [0.15, 0.2) is 0 Å². The largest absolute Gasteiger partial charge is 0.342 e. The van der Waals surface area contributed by atoms with E-state index in [0.29, 0.717) is 22.5 Å². The van der Waals surface area contributed by atoms with Gasteiger partial charge in [0.1, 0.15) is 0 Å². The minimum Gasteiger partial charge on any atom is -0.342 e. The fourth-order valence-electron chi connectivity index (χ4n) is 3.51. The number of hydrogen-bond acceptors (Lipinski definition) is 3. The highest BCUT2D eigenvalue weighted by molar-refractivity contribution is 6.42. The van der Waals surface area contributed by atoms with Crippen LogP contribution < -0.4 is 5.43 Å². The molecule has 0 amide bonds. The van der Waals surface area contributed by atoms with Gasteiger partial charge in [-0.25, -0.2) is 10.4 Å². The summed E-state index contributed by atoms with van der Waals surface area (Å²) in [5, 5.41) is 6.62. The molecular weight excluding hydrogens is 417 g/mol. The van der Waals surface area contributed by atoms with Crippen molar-refractivity contribution in [3.8, 4) is 0 Å². The van der Waals surface area contributed by atoms with Gasteiger partial charge in [-0.15, -0.1) is 0 Å². The fraction of sp³-hybridized carbons (Fsp3) is 0.0435. The van der Waals surface area contributed by atoms with Gasteiger partial charge in [0.25, 0.3) is 0 Å². The quantitative estimate of drug-likeness (QED) is 0.251. The molecule has 30 heavy (non-hydrogen) atoms.